The van der Waals surface area contributed by atoms with Crippen molar-refractivity contribution >= 4 is 38.4 Å². The fraction of sp³-hybridized carbons (Fsp3) is 0.0909. The van der Waals surface area contributed by atoms with Gasteiger partial charge in [0.05, 0.1) is 17.1 Å². The van der Waals surface area contributed by atoms with Crippen LogP contribution in [0.2, 0.25) is 0 Å². The monoisotopic (exact) mass is 323 g/mol. The van der Waals surface area contributed by atoms with E-state index in [4.69, 9.17) is 11.6 Å². The minimum atomic E-state index is 0.250. The number of hydrogen-bond donors (Lipinski definition) is 0. The van der Waals surface area contributed by atoms with E-state index in [1.807, 2.05) is 24.3 Å². The highest BCUT2D eigenvalue weighted by Crippen LogP contribution is 2.23. The van der Waals surface area contributed by atoms with Gasteiger partial charge in [-0.25, -0.2) is 0 Å². The molecule has 3 aromatic rings. The molecule has 1 aromatic carbocycles. The summed E-state index contributed by atoms with van der Waals surface area (Å²) in [6.45, 7) is 0. The number of aromatic nitrogens is 5. The van der Waals surface area contributed by atoms with Crippen LogP contribution >= 0.6 is 27.5 Å². The summed E-state index contributed by atoms with van der Waals surface area (Å²) < 4.78 is 2.54. The van der Waals surface area contributed by atoms with E-state index < -0.39 is 0 Å². The molecule has 0 bridgehead atoms. The molecule has 0 atom stereocenters. The number of halogens is 2. The lowest BCUT2D eigenvalue weighted by Crippen LogP contribution is -2.03. The second-order valence-corrected chi connectivity index (χ2v) is 4.83. The Hall–Kier alpha value is -1.53. The Kier molecular flexibility index (Phi) is 2.97. The second-order valence-electron chi connectivity index (χ2n) is 3.64. The average molecular weight is 325 g/mol. The molecule has 2 aromatic heterocycles. The van der Waals surface area contributed by atoms with Gasteiger partial charge in [0.1, 0.15) is 0 Å². The van der Waals surface area contributed by atoms with Gasteiger partial charge in [-0.3, -0.25) is 4.98 Å². The normalized spacial score (nSPS) is 11.0. The number of pyridine rings is 1. The van der Waals surface area contributed by atoms with Crippen LogP contribution < -0.4 is 0 Å². The molecule has 0 saturated carbocycles. The Morgan fingerprint density at radius 1 is 1.33 bits per heavy atom. The van der Waals surface area contributed by atoms with Gasteiger partial charge in [-0.15, -0.1) is 16.7 Å². The molecule has 2 heterocycles. The number of alkyl halides is 1. The van der Waals surface area contributed by atoms with Crippen LogP contribution in [0.4, 0.5) is 0 Å². The molecule has 0 spiro atoms. The predicted octanol–water partition coefficient (Wildman–Crippen LogP) is 2.71. The van der Waals surface area contributed by atoms with Crippen molar-refractivity contribution in [1.29, 1.82) is 0 Å². The lowest BCUT2D eigenvalue weighted by Gasteiger charge is -2.06. The van der Waals surface area contributed by atoms with Crippen molar-refractivity contribution in [3.05, 3.63) is 40.8 Å². The summed E-state index contributed by atoms with van der Waals surface area (Å²) in [4.78, 5) is 4.41. The maximum atomic E-state index is 5.81. The van der Waals surface area contributed by atoms with Gasteiger partial charge >= 0.3 is 0 Å². The van der Waals surface area contributed by atoms with E-state index in [0.717, 1.165) is 21.1 Å². The van der Waals surface area contributed by atoms with Crippen LogP contribution in [0.15, 0.2) is 34.9 Å². The van der Waals surface area contributed by atoms with Crippen molar-refractivity contribution in [2.24, 2.45) is 0 Å². The van der Waals surface area contributed by atoms with E-state index in [1.54, 1.807) is 10.9 Å². The fourth-order valence-electron chi connectivity index (χ4n) is 1.76. The summed E-state index contributed by atoms with van der Waals surface area (Å²) in [5.74, 6) is 0.841. The Balaban J connectivity index is 2.29. The van der Waals surface area contributed by atoms with Gasteiger partial charge in [0.15, 0.2) is 5.82 Å². The van der Waals surface area contributed by atoms with E-state index in [1.165, 1.54) is 0 Å². The number of para-hydroxylation sites is 1. The van der Waals surface area contributed by atoms with Crippen LogP contribution in [0.3, 0.4) is 0 Å². The standard InChI is InChI=1S/C11H7BrClN5/c12-8-4-7-2-1-3-9(11(7)14-6-8)18-10(5-13)15-16-17-18/h1-4,6H,5H2. The quantitative estimate of drug-likeness (QED) is 0.680. The summed E-state index contributed by atoms with van der Waals surface area (Å²) in [6, 6.07) is 7.83. The van der Waals surface area contributed by atoms with Crippen LogP contribution in [0, 0.1) is 0 Å². The van der Waals surface area contributed by atoms with Gasteiger partial charge in [-0.1, -0.05) is 12.1 Å². The van der Waals surface area contributed by atoms with Gasteiger partial charge in [0.2, 0.25) is 0 Å². The first-order chi connectivity index (χ1) is 8.79. The van der Waals surface area contributed by atoms with Gasteiger partial charge in [-0.2, -0.15) is 4.68 Å². The van der Waals surface area contributed by atoms with Crippen molar-refractivity contribution in [1.82, 2.24) is 25.2 Å². The van der Waals surface area contributed by atoms with Crippen molar-refractivity contribution in [3.63, 3.8) is 0 Å². The molecule has 0 saturated heterocycles. The average Bonchev–Trinajstić information content (AvgIpc) is 2.85. The third-order valence-corrected chi connectivity index (χ3v) is 3.21. The molecular weight excluding hydrogens is 318 g/mol. The first kappa shape index (κ1) is 11.6. The molecule has 0 fully saturated rings. The van der Waals surface area contributed by atoms with Crippen LogP contribution in [-0.4, -0.2) is 25.2 Å². The third kappa shape index (κ3) is 1.87. The SMILES string of the molecule is ClCc1nnnn1-c1cccc2cc(Br)cnc12. The second kappa shape index (κ2) is 4.62. The Bertz CT molecular complexity index is 711. The molecule has 0 aliphatic rings. The molecule has 18 heavy (non-hydrogen) atoms. The summed E-state index contributed by atoms with van der Waals surface area (Å²) in [5, 5.41) is 12.5. The highest BCUT2D eigenvalue weighted by molar-refractivity contribution is 9.10. The van der Waals surface area contributed by atoms with Crippen LogP contribution in [0.5, 0.6) is 0 Å². The van der Waals surface area contributed by atoms with Gasteiger partial charge in [0.25, 0.3) is 0 Å². The smallest absolute Gasteiger partial charge is 0.171 e. The van der Waals surface area contributed by atoms with E-state index >= 15 is 0 Å². The molecular formula is C11H7BrClN5. The zero-order valence-electron chi connectivity index (χ0n) is 9.09. The number of benzene rings is 1. The van der Waals surface area contributed by atoms with Crippen LogP contribution in [-0.2, 0) is 5.88 Å². The van der Waals surface area contributed by atoms with Gasteiger partial charge in [-0.05, 0) is 38.5 Å². The number of nitrogens with zero attached hydrogens (tertiary/aromatic N) is 5. The molecule has 5 nitrogen and oxygen atoms in total. The lowest BCUT2D eigenvalue weighted by atomic mass is 10.2. The Morgan fingerprint density at radius 2 is 2.22 bits per heavy atom. The first-order valence-electron chi connectivity index (χ1n) is 5.17. The summed E-state index contributed by atoms with van der Waals surface area (Å²) in [7, 11) is 0. The molecule has 90 valence electrons. The number of fused-ring (bicyclic) bond motifs is 1. The molecule has 0 radical (unpaired) electrons. The van der Waals surface area contributed by atoms with Gasteiger partial charge < -0.3 is 0 Å². The molecule has 0 aliphatic carbocycles. The number of rotatable bonds is 2. The molecule has 3 rings (SSSR count). The maximum Gasteiger partial charge on any atom is 0.171 e. The largest absolute Gasteiger partial charge is 0.253 e. The molecule has 0 N–H and O–H groups in total. The van der Waals surface area contributed by atoms with Crippen molar-refractivity contribution in [2.75, 3.05) is 0 Å². The Morgan fingerprint density at radius 3 is 3.06 bits per heavy atom. The molecule has 0 aliphatic heterocycles. The topological polar surface area (TPSA) is 56.5 Å². The number of hydrogen-bond acceptors (Lipinski definition) is 4. The van der Waals surface area contributed by atoms with Crippen LogP contribution in [0.1, 0.15) is 5.82 Å². The maximum absolute atomic E-state index is 5.81. The molecule has 0 amide bonds. The van der Waals surface area contributed by atoms with E-state index in [0.29, 0.717) is 5.82 Å². The summed E-state index contributed by atoms with van der Waals surface area (Å²) in [6.07, 6.45) is 1.75. The first-order valence-corrected chi connectivity index (χ1v) is 6.50. The summed E-state index contributed by atoms with van der Waals surface area (Å²) >= 11 is 9.21. The minimum absolute atomic E-state index is 0.250. The highest BCUT2D eigenvalue weighted by Gasteiger charge is 2.11. The lowest BCUT2D eigenvalue weighted by molar-refractivity contribution is 0.780. The van der Waals surface area contributed by atoms with Crippen LogP contribution in [0.25, 0.3) is 16.6 Å². The summed E-state index contributed by atoms with van der Waals surface area (Å²) in [5.41, 5.74) is 1.65. The van der Waals surface area contributed by atoms with Crippen molar-refractivity contribution < 1.29 is 0 Å². The van der Waals surface area contributed by atoms with E-state index in [-0.39, 0.29) is 5.88 Å². The number of tetrazole rings is 1. The molecule has 7 heteroatoms. The minimum Gasteiger partial charge on any atom is -0.253 e. The third-order valence-electron chi connectivity index (χ3n) is 2.54. The highest BCUT2D eigenvalue weighted by atomic mass is 79.9. The van der Waals surface area contributed by atoms with Crippen molar-refractivity contribution in [2.45, 2.75) is 5.88 Å². The Labute approximate surface area is 116 Å². The molecule has 0 unspecified atom stereocenters. The predicted molar refractivity (Wildman–Crippen MR) is 71.7 cm³/mol. The zero-order valence-corrected chi connectivity index (χ0v) is 11.4. The van der Waals surface area contributed by atoms with Gasteiger partial charge in [0, 0.05) is 16.1 Å². The van der Waals surface area contributed by atoms with E-state index in [9.17, 15) is 0 Å². The van der Waals surface area contributed by atoms with Crippen molar-refractivity contribution in [3.8, 4) is 5.69 Å². The zero-order chi connectivity index (χ0) is 12.5. The fourth-order valence-corrected chi connectivity index (χ4v) is 2.28. The van der Waals surface area contributed by atoms with E-state index in [2.05, 4.69) is 36.4 Å².